The largest absolute Gasteiger partial charge is 0.468 e. The van der Waals surface area contributed by atoms with E-state index in [9.17, 15) is 14.4 Å². The summed E-state index contributed by atoms with van der Waals surface area (Å²) in [4.78, 5) is 41.4. The van der Waals surface area contributed by atoms with E-state index in [1.807, 2.05) is 36.4 Å². The van der Waals surface area contributed by atoms with Gasteiger partial charge in [0.15, 0.2) is 0 Å². The fourth-order valence-corrected chi connectivity index (χ4v) is 5.28. The van der Waals surface area contributed by atoms with Gasteiger partial charge in [-0.25, -0.2) is 0 Å². The lowest BCUT2D eigenvalue weighted by atomic mass is 9.59. The molecule has 0 saturated carbocycles. The average Bonchev–Trinajstić information content (AvgIpc) is 2.75. The molecule has 1 N–H and O–H groups in total. The van der Waals surface area contributed by atoms with E-state index in [0.717, 1.165) is 24.1 Å². The molecule has 1 saturated heterocycles. The van der Waals surface area contributed by atoms with Gasteiger partial charge in [0.1, 0.15) is 5.41 Å². The van der Waals surface area contributed by atoms with Crippen molar-refractivity contribution >= 4 is 17.8 Å². The van der Waals surface area contributed by atoms with Gasteiger partial charge in [0.25, 0.3) is 0 Å². The maximum atomic E-state index is 13.7. The first kappa shape index (κ1) is 25.0. The van der Waals surface area contributed by atoms with E-state index in [1.54, 1.807) is 4.90 Å². The maximum Gasteiger partial charge on any atom is 0.317 e. The number of methoxy groups -OCH3 is 1. The average molecular weight is 455 g/mol. The number of carbonyl (C=O) groups excluding carboxylic acids is 3. The minimum Gasteiger partial charge on any atom is -0.468 e. The van der Waals surface area contributed by atoms with Crippen LogP contribution in [-0.4, -0.2) is 36.3 Å². The summed E-state index contributed by atoms with van der Waals surface area (Å²) in [5.74, 6) is -0.641. The van der Waals surface area contributed by atoms with Crippen LogP contribution in [0.2, 0.25) is 0 Å². The highest BCUT2D eigenvalue weighted by Gasteiger charge is 2.57. The standard InChI is InChI=1S/C27H38N2O4/c1-19(2)12-14-28-23(30)15-21-16-27(25(32)33-5)18-26(3,4)13-11-22(27)29(24(21)31)17-20-9-7-6-8-10-20/h6-11,19,21H,12-18H2,1-5H3,(H,28,30)/t21-,27-/m1/s1. The van der Waals surface area contributed by atoms with Crippen LogP contribution < -0.4 is 5.32 Å². The smallest absolute Gasteiger partial charge is 0.317 e. The first-order valence-electron chi connectivity index (χ1n) is 12.0. The topological polar surface area (TPSA) is 75.7 Å². The molecule has 0 bridgehead atoms. The van der Waals surface area contributed by atoms with E-state index in [-0.39, 0.29) is 29.6 Å². The summed E-state index contributed by atoms with van der Waals surface area (Å²) < 4.78 is 5.30. The van der Waals surface area contributed by atoms with Crippen molar-refractivity contribution in [2.24, 2.45) is 22.7 Å². The number of hydrogen-bond acceptors (Lipinski definition) is 4. The van der Waals surface area contributed by atoms with Crippen molar-refractivity contribution in [3.63, 3.8) is 0 Å². The van der Waals surface area contributed by atoms with E-state index in [1.165, 1.54) is 7.11 Å². The Morgan fingerprint density at radius 1 is 1.21 bits per heavy atom. The Morgan fingerprint density at radius 3 is 2.55 bits per heavy atom. The summed E-state index contributed by atoms with van der Waals surface area (Å²) in [6.07, 6.45) is 4.67. The number of benzene rings is 1. The lowest BCUT2D eigenvalue weighted by Gasteiger charge is -2.51. The molecule has 2 aliphatic rings. The third-order valence-corrected chi connectivity index (χ3v) is 6.85. The van der Waals surface area contributed by atoms with Gasteiger partial charge in [0.05, 0.1) is 13.7 Å². The van der Waals surface area contributed by atoms with Gasteiger partial charge in [-0.15, -0.1) is 0 Å². The third kappa shape index (κ3) is 5.66. The zero-order valence-electron chi connectivity index (χ0n) is 20.6. The highest BCUT2D eigenvalue weighted by atomic mass is 16.5. The zero-order valence-corrected chi connectivity index (χ0v) is 20.6. The molecular weight excluding hydrogens is 416 g/mol. The Kier molecular flexibility index (Phi) is 7.65. The normalized spacial score (nSPS) is 24.2. The molecule has 1 fully saturated rings. The van der Waals surface area contributed by atoms with E-state index >= 15 is 0 Å². The predicted molar refractivity (Wildman–Crippen MR) is 128 cm³/mol. The lowest BCUT2D eigenvalue weighted by Crippen LogP contribution is -2.55. The van der Waals surface area contributed by atoms with Crippen LogP contribution in [-0.2, 0) is 25.7 Å². The van der Waals surface area contributed by atoms with Gasteiger partial charge in [-0.3, -0.25) is 14.4 Å². The molecular formula is C27H38N2O4. The number of amides is 2. The molecule has 2 atom stereocenters. The number of allylic oxidation sites excluding steroid dienone is 1. The van der Waals surface area contributed by atoms with Crippen molar-refractivity contribution < 1.29 is 19.1 Å². The molecule has 0 aromatic heterocycles. The Hall–Kier alpha value is -2.63. The minimum atomic E-state index is -0.929. The number of esters is 1. The van der Waals surface area contributed by atoms with Gasteiger partial charge in [-0.05, 0) is 42.6 Å². The quantitative estimate of drug-likeness (QED) is 0.589. The van der Waals surface area contributed by atoms with Crippen LogP contribution in [0, 0.1) is 22.7 Å². The number of rotatable bonds is 8. The molecule has 3 rings (SSSR count). The molecule has 2 amide bonds. The highest BCUT2D eigenvalue weighted by molar-refractivity contribution is 5.92. The molecule has 6 nitrogen and oxygen atoms in total. The van der Waals surface area contributed by atoms with Crippen LogP contribution >= 0.6 is 0 Å². The molecule has 0 radical (unpaired) electrons. The number of likely N-dealkylation sites (tertiary alicyclic amines) is 1. The fraction of sp³-hybridized carbons (Fsp3) is 0.593. The van der Waals surface area contributed by atoms with Gasteiger partial charge >= 0.3 is 5.97 Å². The number of piperidine rings is 1. The molecule has 180 valence electrons. The SMILES string of the molecule is COC(=O)[C@@]12C[C@@H](CC(=O)NCCC(C)C)C(=O)N(Cc3ccccc3)C1=CCC(C)(C)C2. The summed E-state index contributed by atoms with van der Waals surface area (Å²) in [5.41, 5.74) is 0.680. The molecule has 1 aromatic carbocycles. The lowest BCUT2D eigenvalue weighted by molar-refractivity contribution is -0.162. The fourth-order valence-electron chi connectivity index (χ4n) is 5.28. The number of carbonyl (C=O) groups is 3. The van der Waals surface area contributed by atoms with Crippen LogP contribution in [0.4, 0.5) is 0 Å². The van der Waals surface area contributed by atoms with Gasteiger partial charge in [0, 0.05) is 24.6 Å². The maximum absolute atomic E-state index is 13.7. The van der Waals surface area contributed by atoms with Crippen molar-refractivity contribution in [1.82, 2.24) is 10.2 Å². The van der Waals surface area contributed by atoms with Crippen LogP contribution in [0.1, 0.15) is 65.4 Å². The van der Waals surface area contributed by atoms with Gasteiger partial charge in [-0.2, -0.15) is 0 Å². The van der Waals surface area contributed by atoms with Gasteiger partial charge < -0.3 is 15.0 Å². The molecule has 0 unspecified atom stereocenters. The molecule has 1 aromatic rings. The number of fused-ring (bicyclic) bond motifs is 1. The Labute approximate surface area is 197 Å². The van der Waals surface area contributed by atoms with Crippen LogP contribution in [0.3, 0.4) is 0 Å². The second kappa shape index (κ2) is 10.1. The Bertz CT molecular complexity index is 906. The second-order valence-electron chi connectivity index (χ2n) is 10.8. The summed E-state index contributed by atoms with van der Waals surface area (Å²) in [5, 5.41) is 2.95. The molecule has 1 aliphatic carbocycles. The van der Waals surface area contributed by atoms with Crippen molar-refractivity contribution in [3.8, 4) is 0 Å². The van der Waals surface area contributed by atoms with Crippen molar-refractivity contribution in [2.45, 2.75) is 66.3 Å². The first-order chi connectivity index (χ1) is 15.6. The van der Waals surface area contributed by atoms with E-state index in [2.05, 4.69) is 33.0 Å². The summed E-state index contributed by atoms with van der Waals surface area (Å²) in [6, 6.07) is 9.77. The molecule has 33 heavy (non-hydrogen) atoms. The summed E-state index contributed by atoms with van der Waals surface area (Å²) in [6.45, 7) is 9.45. The molecule has 1 aliphatic heterocycles. The van der Waals surface area contributed by atoms with Crippen molar-refractivity contribution in [1.29, 1.82) is 0 Å². The van der Waals surface area contributed by atoms with Crippen LogP contribution in [0.25, 0.3) is 0 Å². The summed E-state index contributed by atoms with van der Waals surface area (Å²) in [7, 11) is 1.40. The minimum absolute atomic E-state index is 0.0780. The van der Waals surface area contributed by atoms with E-state index in [0.29, 0.717) is 31.8 Å². The predicted octanol–water partition coefficient (Wildman–Crippen LogP) is 4.45. The third-order valence-electron chi connectivity index (χ3n) is 6.85. The highest BCUT2D eigenvalue weighted by Crippen LogP contribution is 2.55. The number of ether oxygens (including phenoxy) is 1. The second-order valence-corrected chi connectivity index (χ2v) is 10.8. The monoisotopic (exact) mass is 454 g/mol. The molecule has 1 heterocycles. The van der Waals surface area contributed by atoms with Crippen molar-refractivity contribution in [3.05, 3.63) is 47.7 Å². The number of hydrogen-bond donors (Lipinski definition) is 1. The first-order valence-corrected chi connectivity index (χ1v) is 12.0. The summed E-state index contributed by atoms with van der Waals surface area (Å²) >= 11 is 0. The van der Waals surface area contributed by atoms with Gasteiger partial charge in [-0.1, -0.05) is 64.1 Å². The van der Waals surface area contributed by atoms with E-state index in [4.69, 9.17) is 4.74 Å². The molecule has 0 spiro atoms. The van der Waals surface area contributed by atoms with Gasteiger partial charge in [0.2, 0.25) is 11.8 Å². The Balaban J connectivity index is 1.95. The Morgan fingerprint density at radius 2 is 1.91 bits per heavy atom. The molecule has 6 heteroatoms. The van der Waals surface area contributed by atoms with Crippen molar-refractivity contribution in [2.75, 3.05) is 13.7 Å². The van der Waals surface area contributed by atoms with Crippen LogP contribution in [0.15, 0.2) is 42.1 Å². The number of nitrogens with zero attached hydrogens (tertiary/aromatic N) is 1. The number of nitrogens with one attached hydrogen (secondary N) is 1. The zero-order chi connectivity index (χ0) is 24.2. The van der Waals surface area contributed by atoms with Crippen LogP contribution in [0.5, 0.6) is 0 Å². The van der Waals surface area contributed by atoms with E-state index < -0.39 is 11.3 Å².